The average Bonchev–Trinajstić information content (AvgIpc) is 2.36. The molecule has 3 rings (SSSR count). The molecule has 0 spiro atoms. The quantitative estimate of drug-likeness (QED) is 0.753. The number of rotatable bonds is 5. The molecule has 3 aliphatic rings. The van der Waals surface area contributed by atoms with Crippen LogP contribution in [0.5, 0.6) is 0 Å². The van der Waals surface area contributed by atoms with Gasteiger partial charge in [0.2, 0.25) is 0 Å². The topological polar surface area (TPSA) is 18.5 Å². The first kappa shape index (κ1) is 12.3. The normalized spacial score (nSPS) is 37.3. The van der Waals surface area contributed by atoms with Crippen LogP contribution in [0.15, 0.2) is 0 Å². The van der Waals surface area contributed by atoms with Crippen LogP contribution in [0.2, 0.25) is 0 Å². The molecule has 3 saturated heterocycles. The van der Waals surface area contributed by atoms with Gasteiger partial charge in [-0.2, -0.15) is 0 Å². The van der Waals surface area contributed by atoms with E-state index in [1.165, 1.54) is 45.7 Å². The van der Waals surface area contributed by atoms with Gasteiger partial charge in [-0.1, -0.05) is 20.3 Å². The second kappa shape index (κ2) is 5.48. The van der Waals surface area contributed by atoms with Crippen molar-refractivity contribution in [3.63, 3.8) is 0 Å². The standard InChI is InChI=1S/C13H27N3/c1-4-11(2)12(3)14-9-13-10-15-5-7-16(13)8-6-15/h11-14H,4-10H2,1-3H3/t11-,12-,13+/m0/s1. The Bertz CT molecular complexity index is 211. The average molecular weight is 225 g/mol. The lowest BCUT2D eigenvalue weighted by Crippen LogP contribution is -2.63. The van der Waals surface area contributed by atoms with Crippen LogP contribution in [0.4, 0.5) is 0 Å². The zero-order valence-electron chi connectivity index (χ0n) is 11.1. The predicted molar refractivity (Wildman–Crippen MR) is 68.7 cm³/mol. The van der Waals surface area contributed by atoms with E-state index in [-0.39, 0.29) is 0 Å². The fourth-order valence-electron chi connectivity index (χ4n) is 2.79. The molecule has 3 aliphatic heterocycles. The number of hydrogen-bond acceptors (Lipinski definition) is 3. The second-order valence-electron chi connectivity index (χ2n) is 5.57. The SMILES string of the molecule is CC[C@H](C)[C@H](C)NC[C@@H]1CN2CCN1CC2. The minimum atomic E-state index is 0.654. The van der Waals surface area contributed by atoms with Crippen molar-refractivity contribution in [2.24, 2.45) is 5.92 Å². The fourth-order valence-corrected chi connectivity index (χ4v) is 2.79. The first-order valence-electron chi connectivity index (χ1n) is 6.90. The van der Waals surface area contributed by atoms with E-state index in [1.807, 2.05) is 0 Å². The van der Waals surface area contributed by atoms with E-state index in [9.17, 15) is 0 Å². The molecule has 3 atom stereocenters. The van der Waals surface area contributed by atoms with Crippen LogP contribution in [-0.2, 0) is 0 Å². The predicted octanol–water partition coefficient (Wildman–Crippen LogP) is 1.01. The number of hydrogen-bond donors (Lipinski definition) is 1. The molecule has 3 heteroatoms. The van der Waals surface area contributed by atoms with Crippen LogP contribution in [0.3, 0.4) is 0 Å². The smallest absolute Gasteiger partial charge is 0.0349 e. The maximum absolute atomic E-state index is 3.72. The second-order valence-corrected chi connectivity index (χ2v) is 5.57. The Hall–Kier alpha value is -0.120. The molecule has 1 N–H and O–H groups in total. The van der Waals surface area contributed by atoms with Gasteiger partial charge in [0.15, 0.2) is 0 Å². The van der Waals surface area contributed by atoms with E-state index in [0.717, 1.165) is 12.0 Å². The summed E-state index contributed by atoms with van der Waals surface area (Å²) in [5.74, 6) is 0.788. The molecular weight excluding hydrogens is 198 g/mol. The van der Waals surface area contributed by atoms with Gasteiger partial charge in [-0.25, -0.2) is 0 Å². The van der Waals surface area contributed by atoms with E-state index in [1.54, 1.807) is 0 Å². The minimum Gasteiger partial charge on any atom is -0.312 e. The first-order chi connectivity index (χ1) is 7.70. The van der Waals surface area contributed by atoms with E-state index < -0.39 is 0 Å². The lowest BCUT2D eigenvalue weighted by atomic mass is 10.00. The molecule has 0 saturated carbocycles. The summed E-state index contributed by atoms with van der Waals surface area (Å²) in [6.45, 7) is 14.5. The van der Waals surface area contributed by atoms with Crippen molar-refractivity contribution >= 4 is 0 Å². The third-order valence-electron chi connectivity index (χ3n) is 4.57. The lowest BCUT2D eigenvalue weighted by Gasteiger charge is -2.48. The molecule has 0 aromatic rings. The van der Waals surface area contributed by atoms with Gasteiger partial charge in [-0.15, -0.1) is 0 Å². The number of nitrogens with zero attached hydrogens (tertiary/aromatic N) is 2. The molecule has 3 fully saturated rings. The Labute approximate surface area is 100 Å². The van der Waals surface area contributed by atoms with E-state index in [0.29, 0.717) is 6.04 Å². The van der Waals surface area contributed by atoms with Gasteiger partial charge in [0.25, 0.3) is 0 Å². The molecule has 0 unspecified atom stereocenters. The largest absolute Gasteiger partial charge is 0.312 e. The number of nitrogens with one attached hydrogen (secondary N) is 1. The van der Waals surface area contributed by atoms with Gasteiger partial charge in [-0.3, -0.25) is 9.80 Å². The monoisotopic (exact) mass is 225 g/mol. The Balaban J connectivity index is 1.74. The van der Waals surface area contributed by atoms with Crippen molar-refractivity contribution in [2.45, 2.75) is 39.3 Å². The zero-order chi connectivity index (χ0) is 11.5. The van der Waals surface area contributed by atoms with E-state index >= 15 is 0 Å². The maximum atomic E-state index is 3.72. The summed E-state index contributed by atoms with van der Waals surface area (Å²) in [4.78, 5) is 5.27. The third-order valence-corrected chi connectivity index (χ3v) is 4.57. The van der Waals surface area contributed by atoms with Gasteiger partial charge >= 0.3 is 0 Å². The van der Waals surface area contributed by atoms with Crippen molar-refractivity contribution in [3.05, 3.63) is 0 Å². The summed E-state index contributed by atoms with van der Waals surface area (Å²) in [5.41, 5.74) is 0. The Morgan fingerprint density at radius 2 is 1.88 bits per heavy atom. The van der Waals surface area contributed by atoms with Gasteiger partial charge < -0.3 is 5.32 Å². The Morgan fingerprint density at radius 3 is 2.38 bits per heavy atom. The van der Waals surface area contributed by atoms with Crippen molar-refractivity contribution in [1.29, 1.82) is 0 Å². The molecular formula is C13H27N3. The van der Waals surface area contributed by atoms with Gasteiger partial charge in [0.05, 0.1) is 0 Å². The number of fused-ring (bicyclic) bond motifs is 3. The molecule has 0 radical (unpaired) electrons. The molecule has 0 aliphatic carbocycles. The zero-order valence-corrected chi connectivity index (χ0v) is 11.1. The first-order valence-corrected chi connectivity index (χ1v) is 6.90. The molecule has 2 bridgehead atoms. The third kappa shape index (κ3) is 2.76. The molecule has 3 heterocycles. The van der Waals surface area contributed by atoms with Crippen molar-refractivity contribution in [3.8, 4) is 0 Å². The van der Waals surface area contributed by atoms with Crippen LogP contribution >= 0.6 is 0 Å². The Morgan fingerprint density at radius 1 is 1.19 bits per heavy atom. The van der Waals surface area contributed by atoms with Crippen molar-refractivity contribution < 1.29 is 0 Å². The van der Waals surface area contributed by atoms with Crippen molar-refractivity contribution in [1.82, 2.24) is 15.1 Å². The summed E-state index contributed by atoms with van der Waals surface area (Å²) in [7, 11) is 0. The number of piperazine rings is 3. The van der Waals surface area contributed by atoms with Crippen LogP contribution in [0.1, 0.15) is 27.2 Å². The summed E-state index contributed by atoms with van der Waals surface area (Å²) in [6.07, 6.45) is 1.27. The van der Waals surface area contributed by atoms with Gasteiger partial charge in [-0.05, 0) is 12.8 Å². The van der Waals surface area contributed by atoms with E-state index in [4.69, 9.17) is 0 Å². The highest BCUT2D eigenvalue weighted by Gasteiger charge is 2.31. The van der Waals surface area contributed by atoms with Crippen LogP contribution in [0.25, 0.3) is 0 Å². The summed E-state index contributed by atoms with van der Waals surface area (Å²) >= 11 is 0. The highest BCUT2D eigenvalue weighted by atomic mass is 15.3. The summed E-state index contributed by atoms with van der Waals surface area (Å²) in [5, 5.41) is 3.72. The van der Waals surface area contributed by atoms with Gasteiger partial charge in [0.1, 0.15) is 0 Å². The van der Waals surface area contributed by atoms with E-state index in [2.05, 4.69) is 35.9 Å². The summed E-state index contributed by atoms with van der Waals surface area (Å²) in [6, 6.07) is 1.41. The summed E-state index contributed by atoms with van der Waals surface area (Å²) < 4.78 is 0. The van der Waals surface area contributed by atoms with Crippen LogP contribution < -0.4 is 5.32 Å². The molecule has 3 nitrogen and oxygen atoms in total. The van der Waals surface area contributed by atoms with Crippen LogP contribution in [0, 0.1) is 5.92 Å². The molecule has 0 aromatic carbocycles. The van der Waals surface area contributed by atoms with Crippen molar-refractivity contribution in [2.75, 3.05) is 39.3 Å². The highest BCUT2D eigenvalue weighted by Crippen LogP contribution is 2.15. The van der Waals surface area contributed by atoms with Crippen LogP contribution in [-0.4, -0.2) is 61.2 Å². The minimum absolute atomic E-state index is 0.654. The molecule has 0 aromatic heterocycles. The fraction of sp³-hybridized carbons (Fsp3) is 1.00. The van der Waals surface area contributed by atoms with Gasteiger partial charge in [0, 0.05) is 51.4 Å². The molecule has 16 heavy (non-hydrogen) atoms. The Kier molecular flexibility index (Phi) is 4.22. The lowest BCUT2D eigenvalue weighted by molar-refractivity contribution is 0.0122. The highest BCUT2D eigenvalue weighted by molar-refractivity contribution is 4.89. The molecule has 0 amide bonds. The molecule has 94 valence electrons. The maximum Gasteiger partial charge on any atom is 0.0349 e.